The maximum absolute atomic E-state index is 12.7. The largest absolute Gasteiger partial charge is 0.573 e. The molecule has 0 spiro atoms. The monoisotopic (exact) mass is 640 g/mol. The summed E-state index contributed by atoms with van der Waals surface area (Å²) in [4.78, 5) is 23.1. The number of methoxy groups -OCH3 is 1. The molecule has 4 aromatic rings. The number of aryl methyl sites for hydroxylation is 1. The molecule has 1 aromatic heterocycles. The van der Waals surface area contributed by atoms with Crippen molar-refractivity contribution in [2.24, 2.45) is 4.99 Å². The fraction of sp³-hybridized carbons (Fsp3) is 0.233. The third-order valence-electron chi connectivity index (χ3n) is 6.73. The summed E-state index contributed by atoms with van der Waals surface area (Å²) < 4.78 is 47.9. The number of amidine groups is 1. The highest BCUT2D eigenvalue weighted by Gasteiger charge is 2.32. The number of benzene rings is 3. The highest BCUT2D eigenvalue weighted by molar-refractivity contribution is 8.15. The van der Waals surface area contributed by atoms with Crippen LogP contribution < -0.4 is 19.7 Å². The first-order valence-electron chi connectivity index (χ1n) is 13.4. The quantitative estimate of drug-likeness (QED) is 0.226. The normalized spacial score (nSPS) is 15.0. The lowest BCUT2D eigenvalue weighted by atomic mass is 10.00. The number of alkyl halides is 3. The molecule has 1 atom stereocenters. The summed E-state index contributed by atoms with van der Waals surface area (Å²) in [6.45, 7) is 4.49. The first-order valence-corrected chi connectivity index (χ1v) is 14.7. The molecule has 1 amide bonds. The van der Waals surface area contributed by atoms with Crippen LogP contribution in [0.5, 0.6) is 11.5 Å². The zero-order valence-corrected chi connectivity index (χ0v) is 25.5. The van der Waals surface area contributed by atoms with Gasteiger partial charge >= 0.3 is 6.36 Å². The van der Waals surface area contributed by atoms with Gasteiger partial charge in [-0.15, -0.1) is 18.3 Å². The molecule has 0 bridgehead atoms. The maximum atomic E-state index is 12.7. The Morgan fingerprint density at radius 3 is 2.48 bits per heavy atom. The van der Waals surface area contributed by atoms with Crippen molar-refractivity contribution in [2.75, 3.05) is 24.3 Å². The number of ether oxygens (including phenoxy) is 2. The predicted octanol–water partition coefficient (Wildman–Crippen LogP) is 6.26. The van der Waals surface area contributed by atoms with Crippen molar-refractivity contribution in [3.8, 4) is 28.6 Å². The van der Waals surface area contributed by atoms with E-state index in [2.05, 4.69) is 32.1 Å². The Morgan fingerprint density at radius 2 is 1.82 bits per heavy atom. The number of hydrogen-bond donors (Lipinski definition) is 1. The summed E-state index contributed by atoms with van der Waals surface area (Å²) in [5.74, 6) is 1.17. The van der Waals surface area contributed by atoms with E-state index in [1.54, 1.807) is 18.1 Å². The Labute approximate surface area is 261 Å². The summed E-state index contributed by atoms with van der Waals surface area (Å²) >= 11 is 6.83. The van der Waals surface area contributed by atoms with E-state index in [0.29, 0.717) is 29.0 Å². The van der Waals surface area contributed by atoms with E-state index in [9.17, 15) is 18.0 Å². The molecule has 3 aromatic carbocycles. The van der Waals surface area contributed by atoms with Crippen LogP contribution in [-0.2, 0) is 4.79 Å². The number of halogens is 3. The van der Waals surface area contributed by atoms with Crippen LogP contribution in [0.25, 0.3) is 17.1 Å². The molecule has 5 rings (SSSR count). The van der Waals surface area contributed by atoms with Gasteiger partial charge in [-0.25, -0.2) is 9.67 Å². The van der Waals surface area contributed by atoms with Crippen molar-refractivity contribution in [2.45, 2.75) is 26.1 Å². The van der Waals surface area contributed by atoms with E-state index in [1.807, 2.05) is 43.3 Å². The SMILES string of the molecule is COc1ccc(N2C(=O)CSC2=NC(=S)NCC(C)c2ccc(-c3ncn(-c4ccc(OC(F)(F)F)cc4)n3)cc2)c(C)c1. The van der Waals surface area contributed by atoms with Gasteiger partial charge in [0.2, 0.25) is 5.91 Å². The first-order chi connectivity index (χ1) is 21.0. The topological polar surface area (TPSA) is 93.9 Å². The van der Waals surface area contributed by atoms with E-state index >= 15 is 0 Å². The molecule has 14 heteroatoms. The van der Waals surface area contributed by atoms with Gasteiger partial charge in [0.1, 0.15) is 17.8 Å². The van der Waals surface area contributed by atoms with Crippen LogP contribution in [-0.4, -0.2) is 56.7 Å². The van der Waals surface area contributed by atoms with Gasteiger partial charge in [0.25, 0.3) is 0 Å². The predicted molar refractivity (Wildman–Crippen MR) is 168 cm³/mol. The van der Waals surface area contributed by atoms with Crippen molar-refractivity contribution in [3.05, 3.63) is 84.2 Å². The molecule has 1 fully saturated rings. The zero-order valence-electron chi connectivity index (χ0n) is 23.8. The van der Waals surface area contributed by atoms with Crippen LogP contribution in [0.15, 0.2) is 78.0 Å². The molecule has 9 nitrogen and oxygen atoms in total. The molecular weight excluding hydrogens is 613 g/mol. The van der Waals surface area contributed by atoms with E-state index < -0.39 is 6.36 Å². The molecule has 0 saturated carbocycles. The second-order valence-electron chi connectivity index (χ2n) is 9.83. The summed E-state index contributed by atoms with van der Waals surface area (Å²) in [6.07, 6.45) is -3.26. The van der Waals surface area contributed by atoms with Gasteiger partial charge in [0.15, 0.2) is 16.1 Å². The van der Waals surface area contributed by atoms with Gasteiger partial charge in [-0.2, -0.15) is 4.99 Å². The minimum atomic E-state index is -4.75. The molecule has 0 aliphatic carbocycles. The lowest BCUT2D eigenvalue weighted by molar-refractivity contribution is -0.274. The molecule has 1 saturated heterocycles. The smallest absolute Gasteiger partial charge is 0.497 e. The van der Waals surface area contributed by atoms with Crippen LogP contribution in [0.2, 0.25) is 0 Å². The number of nitrogens with one attached hydrogen (secondary N) is 1. The Bertz CT molecular complexity index is 1690. The molecule has 1 aliphatic rings. The fourth-order valence-electron chi connectivity index (χ4n) is 4.45. The highest BCUT2D eigenvalue weighted by Crippen LogP contribution is 2.31. The Hall–Kier alpha value is -4.43. The number of aromatic nitrogens is 3. The second kappa shape index (κ2) is 13.1. The van der Waals surface area contributed by atoms with E-state index in [0.717, 1.165) is 22.4 Å². The standard InChI is InChI=1S/C30H27F3N6O3S2/c1-18-14-24(41-3)12-13-25(18)39-26(40)16-44-29(39)36-28(43)34-15-19(2)20-4-6-21(7-5-20)27-35-17-38(37-27)22-8-10-23(11-9-22)42-30(31,32)33/h4-14,17,19H,15-16H2,1-3H3,(H,34,43). The molecule has 1 unspecified atom stereocenters. The van der Waals surface area contributed by atoms with Gasteiger partial charge in [0.05, 0.1) is 24.2 Å². The van der Waals surface area contributed by atoms with Crippen LogP contribution >= 0.6 is 24.0 Å². The highest BCUT2D eigenvalue weighted by atomic mass is 32.2. The van der Waals surface area contributed by atoms with Crippen LogP contribution in [0.4, 0.5) is 18.9 Å². The van der Waals surface area contributed by atoms with Gasteiger partial charge in [-0.05, 0) is 78.7 Å². The van der Waals surface area contributed by atoms with E-state index in [-0.39, 0.29) is 28.4 Å². The molecule has 228 valence electrons. The average Bonchev–Trinajstić information content (AvgIpc) is 3.63. The lowest BCUT2D eigenvalue weighted by Gasteiger charge is -2.19. The number of aliphatic imine (C=N–C) groups is 1. The molecule has 1 N–H and O–H groups in total. The Morgan fingerprint density at radius 1 is 1.11 bits per heavy atom. The maximum Gasteiger partial charge on any atom is 0.573 e. The number of thioether (sulfide) groups is 1. The van der Waals surface area contributed by atoms with Crippen molar-refractivity contribution >= 4 is 45.9 Å². The van der Waals surface area contributed by atoms with Crippen molar-refractivity contribution < 1.29 is 27.4 Å². The number of rotatable bonds is 8. The van der Waals surface area contributed by atoms with E-state index in [1.165, 1.54) is 47.0 Å². The van der Waals surface area contributed by atoms with E-state index in [4.69, 9.17) is 17.0 Å². The Balaban J connectivity index is 1.19. The third kappa shape index (κ3) is 7.37. The van der Waals surface area contributed by atoms with Gasteiger partial charge < -0.3 is 14.8 Å². The number of thiocarbonyl (C=S) groups is 1. The number of carbonyl (C=O) groups is 1. The van der Waals surface area contributed by atoms with Crippen LogP contribution in [0.3, 0.4) is 0 Å². The lowest BCUT2D eigenvalue weighted by Crippen LogP contribution is -2.32. The summed E-state index contributed by atoms with van der Waals surface area (Å²) in [6, 6.07) is 18.6. The number of anilines is 1. The zero-order chi connectivity index (χ0) is 31.4. The summed E-state index contributed by atoms with van der Waals surface area (Å²) in [7, 11) is 1.60. The van der Waals surface area contributed by atoms with Crippen LogP contribution in [0, 0.1) is 6.92 Å². The second-order valence-corrected chi connectivity index (χ2v) is 11.2. The molecule has 44 heavy (non-hydrogen) atoms. The van der Waals surface area contributed by atoms with Crippen molar-refractivity contribution in [3.63, 3.8) is 0 Å². The van der Waals surface area contributed by atoms with Gasteiger partial charge in [-0.1, -0.05) is 43.0 Å². The molecule has 0 radical (unpaired) electrons. The minimum Gasteiger partial charge on any atom is -0.497 e. The van der Waals surface area contributed by atoms with Crippen molar-refractivity contribution in [1.29, 1.82) is 0 Å². The van der Waals surface area contributed by atoms with Crippen LogP contribution in [0.1, 0.15) is 24.0 Å². The third-order valence-corrected chi connectivity index (χ3v) is 7.89. The van der Waals surface area contributed by atoms with Crippen molar-refractivity contribution in [1.82, 2.24) is 20.1 Å². The first kappa shape index (κ1) is 31.0. The average molecular weight is 641 g/mol. The number of carbonyl (C=O) groups excluding carboxylic acids is 1. The molecule has 2 heterocycles. The number of amides is 1. The number of nitrogens with zero attached hydrogens (tertiary/aromatic N) is 5. The number of hydrogen-bond acceptors (Lipinski definition) is 7. The fourth-order valence-corrected chi connectivity index (χ4v) is 5.55. The van der Waals surface area contributed by atoms with Gasteiger partial charge in [-0.3, -0.25) is 9.69 Å². The molecule has 1 aliphatic heterocycles. The minimum absolute atomic E-state index is 0.0639. The summed E-state index contributed by atoms with van der Waals surface area (Å²) in [5.41, 5.74) is 4.00. The summed E-state index contributed by atoms with van der Waals surface area (Å²) in [5, 5.41) is 8.44. The Kier molecular flexibility index (Phi) is 9.20. The molecular formula is C30H27F3N6O3S2. The van der Waals surface area contributed by atoms with Gasteiger partial charge in [0, 0.05) is 12.1 Å².